The summed E-state index contributed by atoms with van der Waals surface area (Å²) >= 11 is 3.48. The highest BCUT2D eigenvalue weighted by molar-refractivity contribution is 7.17. The minimum absolute atomic E-state index is 0.282. The first-order chi connectivity index (χ1) is 9.76. The van der Waals surface area contributed by atoms with Crippen molar-refractivity contribution in [3.63, 3.8) is 0 Å². The molecule has 0 spiro atoms. The summed E-state index contributed by atoms with van der Waals surface area (Å²) in [7, 11) is 0. The quantitative estimate of drug-likeness (QED) is 0.775. The summed E-state index contributed by atoms with van der Waals surface area (Å²) in [4.78, 5) is 9.12. The van der Waals surface area contributed by atoms with E-state index in [1.807, 2.05) is 13.1 Å². The number of pyridine rings is 1. The Morgan fingerprint density at radius 3 is 3.00 bits per heavy atom. The number of fused-ring (bicyclic) bond motifs is 1. The molecule has 0 amide bonds. The van der Waals surface area contributed by atoms with Gasteiger partial charge in [-0.15, -0.1) is 22.7 Å². The van der Waals surface area contributed by atoms with Gasteiger partial charge < -0.3 is 5.32 Å². The second kappa shape index (κ2) is 5.99. The van der Waals surface area contributed by atoms with Crippen LogP contribution in [-0.2, 0) is 6.42 Å². The lowest BCUT2D eigenvalue weighted by atomic mass is 10.1. The first kappa shape index (κ1) is 13.7. The Balaban J connectivity index is 1.88. The van der Waals surface area contributed by atoms with Gasteiger partial charge in [-0.25, -0.2) is 4.98 Å². The molecule has 0 aliphatic rings. The van der Waals surface area contributed by atoms with Crippen molar-refractivity contribution in [2.24, 2.45) is 0 Å². The fourth-order valence-electron chi connectivity index (χ4n) is 2.28. The van der Waals surface area contributed by atoms with Crippen LogP contribution in [0.25, 0.3) is 10.2 Å². The Bertz CT molecular complexity index is 702. The van der Waals surface area contributed by atoms with Gasteiger partial charge in [-0.1, -0.05) is 6.92 Å². The molecule has 5 heteroatoms. The zero-order valence-electron chi connectivity index (χ0n) is 11.6. The van der Waals surface area contributed by atoms with Crippen LogP contribution in [0.3, 0.4) is 0 Å². The summed E-state index contributed by atoms with van der Waals surface area (Å²) in [6, 6.07) is 4.60. The minimum Gasteiger partial charge on any atom is -0.310 e. The lowest BCUT2D eigenvalue weighted by Crippen LogP contribution is -2.23. The van der Waals surface area contributed by atoms with Gasteiger partial charge in [0.25, 0.3) is 0 Å². The molecule has 0 aliphatic carbocycles. The van der Waals surface area contributed by atoms with E-state index in [9.17, 15) is 0 Å². The molecule has 3 heterocycles. The average molecular weight is 303 g/mol. The predicted molar refractivity (Wildman–Crippen MR) is 86.6 cm³/mol. The summed E-state index contributed by atoms with van der Waals surface area (Å²) < 4.78 is 1.25. The zero-order valence-corrected chi connectivity index (χ0v) is 13.2. The molecule has 0 aromatic carbocycles. The molecule has 3 rings (SSSR count). The molecule has 3 aromatic heterocycles. The van der Waals surface area contributed by atoms with Crippen molar-refractivity contribution in [1.29, 1.82) is 0 Å². The second-order valence-corrected chi connectivity index (χ2v) is 6.66. The van der Waals surface area contributed by atoms with Crippen molar-refractivity contribution >= 4 is 32.9 Å². The number of nitrogens with one attached hydrogen (secondary N) is 1. The maximum Gasteiger partial charge on any atom is 0.0947 e. The van der Waals surface area contributed by atoms with E-state index in [4.69, 9.17) is 0 Å². The van der Waals surface area contributed by atoms with Crippen molar-refractivity contribution in [3.8, 4) is 0 Å². The molecular weight excluding hydrogens is 286 g/mol. The molecule has 0 aliphatic heterocycles. The van der Waals surface area contributed by atoms with Crippen LogP contribution in [0.1, 0.15) is 29.2 Å². The molecule has 1 atom stereocenters. The molecule has 104 valence electrons. The van der Waals surface area contributed by atoms with Gasteiger partial charge in [-0.3, -0.25) is 4.98 Å². The molecule has 0 bridgehead atoms. The number of nitrogens with zero attached hydrogens (tertiary/aromatic N) is 2. The molecule has 3 aromatic rings. The van der Waals surface area contributed by atoms with E-state index in [1.165, 1.54) is 15.3 Å². The summed E-state index contributed by atoms with van der Waals surface area (Å²) in [5, 5.41) is 8.93. The fraction of sp³-hybridized carbons (Fsp3) is 0.333. The number of rotatable bonds is 5. The Morgan fingerprint density at radius 2 is 2.25 bits per heavy atom. The highest BCUT2D eigenvalue weighted by Crippen LogP contribution is 2.25. The van der Waals surface area contributed by atoms with E-state index in [0.717, 1.165) is 24.2 Å². The van der Waals surface area contributed by atoms with Crippen LogP contribution in [0.15, 0.2) is 29.1 Å². The first-order valence-electron chi connectivity index (χ1n) is 6.74. The van der Waals surface area contributed by atoms with Crippen LogP contribution in [0.5, 0.6) is 0 Å². The smallest absolute Gasteiger partial charge is 0.0947 e. The molecule has 1 N–H and O–H groups in total. The summed E-state index contributed by atoms with van der Waals surface area (Å²) in [5.41, 5.74) is 3.43. The van der Waals surface area contributed by atoms with Crippen molar-refractivity contribution in [3.05, 3.63) is 45.4 Å². The van der Waals surface area contributed by atoms with Crippen molar-refractivity contribution in [2.75, 3.05) is 6.54 Å². The van der Waals surface area contributed by atoms with Gasteiger partial charge in [0.2, 0.25) is 0 Å². The molecule has 1 unspecified atom stereocenters. The Kier molecular flexibility index (Phi) is 4.10. The Morgan fingerprint density at radius 1 is 1.35 bits per heavy atom. The summed E-state index contributed by atoms with van der Waals surface area (Å²) in [5.74, 6) is 0. The highest BCUT2D eigenvalue weighted by atomic mass is 32.1. The van der Waals surface area contributed by atoms with Crippen molar-refractivity contribution < 1.29 is 0 Å². The monoisotopic (exact) mass is 303 g/mol. The normalized spacial score (nSPS) is 12.9. The third-order valence-electron chi connectivity index (χ3n) is 3.22. The summed E-state index contributed by atoms with van der Waals surface area (Å²) in [6.45, 7) is 5.12. The molecular formula is C15H17N3S2. The largest absolute Gasteiger partial charge is 0.310 e. The maximum atomic E-state index is 4.57. The molecule has 0 saturated heterocycles. The van der Waals surface area contributed by atoms with Crippen LogP contribution in [0, 0.1) is 6.92 Å². The number of aryl methyl sites for hydroxylation is 1. The molecule has 0 radical (unpaired) electrons. The number of likely N-dealkylation sites (N-methyl/N-ethyl adjacent to an activating group) is 1. The van der Waals surface area contributed by atoms with Gasteiger partial charge >= 0.3 is 0 Å². The van der Waals surface area contributed by atoms with Gasteiger partial charge in [0.1, 0.15) is 0 Å². The minimum atomic E-state index is 0.282. The lowest BCUT2D eigenvalue weighted by Gasteiger charge is -2.16. The van der Waals surface area contributed by atoms with E-state index >= 15 is 0 Å². The van der Waals surface area contributed by atoms with Crippen LogP contribution in [-0.4, -0.2) is 16.5 Å². The number of thiophene rings is 1. The van der Waals surface area contributed by atoms with Crippen LogP contribution < -0.4 is 5.32 Å². The van der Waals surface area contributed by atoms with Crippen LogP contribution >= 0.6 is 22.7 Å². The maximum absolute atomic E-state index is 4.57. The van der Waals surface area contributed by atoms with Gasteiger partial charge in [-0.05, 0) is 36.5 Å². The second-order valence-electron chi connectivity index (χ2n) is 4.77. The van der Waals surface area contributed by atoms with Crippen LogP contribution in [0.4, 0.5) is 0 Å². The van der Waals surface area contributed by atoms with Gasteiger partial charge in [0, 0.05) is 29.7 Å². The topological polar surface area (TPSA) is 37.8 Å². The number of thiazole rings is 1. The van der Waals surface area contributed by atoms with E-state index in [2.05, 4.69) is 45.1 Å². The fourth-order valence-corrected chi connectivity index (χ4v) is 3.89. The number of hydrogen-bond donors (Lipinski definition) is 1. The third kappa shape index (κ3) is 2.90. The highest BCUT2D eigenvalue weighted by Gasteiger charge is 2.14. The van der Waals surface area contributed by atoms with Gasteiger partial charge in [0.05, 0.1) is 15.2 Å². The predicted octanol–water partition coefficient (Wildman–Crippen LogP) is 3.95. The molecule has 20 heavy (non-hydrogen) atoms. The van der Waals surface area contributed by atoms with E-state index in [0.29, 0.717) is 0 Å². The molecule has 0 fully saturated rings. The van der Waals surface area contributed by atoms with Gasteiger partial charge in [-0.2, -0.15) is 0 Å². The Hall–Kier alpha value is -1.30. The van der Waals surface area contributed by atoms with Crippen molar-refractivity contribution in [2.45, 2.75) is 26.3 Å². The van der Waals surface area contributed by atoms with Crippen molar-refractivity contribution in [1.82, 2.24) is 15.3 Å². The standard InChI is InChI=1S/C15H17N3S2/c1-3-16-13(7-15-18-10(2)9-20-15)11-6-14-12(17-8-11)4-5-19-14/h4-6,8-9,13,16H,3,7H2,1-2H3. The molecule has 3 nitrogen and oxygen atoms in total. The van der Waals surface area contributed by atoms with Gasteiger partial charge in [0.15, 0.2) is 0 Å². The third-order valence-corrected chi connectivity index (χ3v) is 5.06. The van der Waals surface area contributed by atoms with Crippen LogP contribution in [0.2, 0.25) is 0 Å². The Labute approximate surface area is 126 Å². The zero-order chi connectivity index (χ0) is 13.9. The molecule has 0 saturated carbocycles. The van der Waals surface area contributed by atoms with E-state index in [-0.39, 0.29) is 6.04 Å². The summed E-state index contributed by atoms with van der Waals surface area (Å²) in [6.07, 6.45) is 2.91. The lowest BCUT2D eigenvalue weighted by molar-refractivity contribution is 0.547. The average Bonchev–Trinajstić information content (AvgIpc) is 3.06. The SMILES string of the molecule is CCNC(Cc1nc(C)cs1)c1cnc2ccsc2c1. The number of hydrogen-bond acceptors (Lipinski definition) is 5. The number of aromatic nitrogens is 2. The van der Waals surface area contributed by atoms with E-state index < -0.39 is 0 Å². The first-order valence-corrected chi connectivity index (χ1v) is 8.49. The van der Waals surface area contributed by atoms with E-state index in [1.54, 1.807) is 22.7 Å².